The van der Waals surface area contributed by atoms with E-state index in [1.54, 1.807) is 18.2 Å². The summed E-state index contributed by atoms with van der Waals surface area (Å²) < 4.78 is 7.13. The average Bonchev–Trinajstić information content (AvgIpc) is 2.96. The Labute approximate surface area is 162 Å². The second kappa shape index (κ2) is 8.18. The van der Waals surface area contributed by atoms with Crippen LogP contribution in [0, 0.1) is 13.8 Å². The summed E-state index contributed by atoms with van der Waals surface area (Å²) >= 11 is 6.25. The van der Waals surface area contributed by atoms with Gasteiger partial charge in [0.1, 0.15) is 5.69 Å². The smallest absolute Gasteiger partial charge is 0.357 e. The predicted octanol–water partition coefficient (Wildman–Crippen LogP) is 4.24. The van der Waals surface area contributed by atoms with Crippen molar-refractivity contribution in [1.82, 2.24) is 9.55 Å². The van der Waals surface area contributed by atoms with E-state index in [4.69, 9.17) is 16.3 Å². The summed E-state index contributed by atoms with van der Waals surface area (Å²) in [5.41, 5.74) is 3.43. The normalized spacial score (nSPS) is 10.6. The molecule has 138 valence electrons. The molecule has 0 aliphatic rings. The lowest BCUT2D eigenvalue weighted by molar-refractivity contribution is 0.0468. The molecule has 0 bridgehead atoms. The Morgan fingerprint density at radius 3 is 2.56 bits per heavy atom. The van der Waals surface area contributed by atoms with Gasteiger partial charge in [-0.25, -0.2) is 9.78 Å². The molecule has 0 fully saturated rings. The fourth-order valence-corrected chi connectivity index (χ4v) is 3.09. The lowest BCUT2D eigenvalue weighted by Crippen LogP contribution is -2.16. The van der Waals surface area contributed by atoms with E-state index in [-0.39, 0.29) is 18.1 Å². The Morgan fingerprint density at radius 1 is 1.11 bits per heavy atom. The molecule has 27 heavy (non-hydrogen) atoms. The molecule has 0 saturated heterocycles. The fourth-order valence-electron chi connectivity index (χ4n) is 2.89. The van der Waals surface area contributed by atoms with Crippen molar-refractivity contribution in [2.45, 2.75) is 20.4 Å². The number of nitrogens with zero attached hydrogens (tertiary/aromatic N) is 2. The molecule has 3 rings (SSSR count). The maximum absolute atomic E-state index is 12.5. The molecule has 0 saturated carbocycles. The Morgan fingerprint density at radius 2 is 1.85 bits per heavy atom. The molecule has 0 unspecified atom stereocenters. The van der Waals surface area contributed by atoms with Gasteiger partial charge in [-0.15, -0.1) is 0 Å². The summed E-state index contributed by atoms with van der Waals surface area (Å²) in [6.45, 7) is 4.04. The zero-order valence-corrected chi connectivity index (χ0v) is 15.9. The second-order valence-electron chi connectivity index (χ2n) is 6.18. The van der Waals surface area contributed by atoms with Crippen LogP contribution < -0.4 is 0 Å². The van der Waals surface area contributed by atoms with Crippen LogP contribution in [0.3, 0.4) is 0 Å². The van der Waals surface area contributed by atoms with Crippen molar-refractivity contribution in [3.8, 4) is 0 Å². The number of ketones is 1. The van der Waals surface area contributed by atoms with E-state index in [9.17, 15) is 9.59 Å². The van der Waals surface area contributed by atoms with Gasteiger partial charge < -0.3 is 9.30 Å². The largest absolute Gasteiger partial charge is 0.453 e. The van der Waals surface area contributed by atoms with Crippen LogP contribution >= 0.6 is 11.6 Å². The van der Waals surface area contributed by atoms with Crippen molar-refractivity contribution < 1.29 is 14.3 Å². The third-order valence-electron chi connectivity index (χ3n) is 4.37. The molecule has 6 heteroatoms. The van der Waals surface area contributed by atoms with E-state index in [1.165, 1.54) is 6.20 Å². The van der Waals surface area contributed by atoms with Crippen LogP contribution in [0.5, 0.6) is 0 Å². The summed E-state index contributed by atoms with van der Waals surface area (Å²) in [6, 6.07) is 14.4. The molecule has 2 heterocycles. The number of Topliss-reactive ketones (excluding diaryl/α,β-unsaturated/α-hetero) is 1. The summed E-state index contributed by atoms with van der Waals surface area (Å²) in [5.74, 6) is -0.869. The van der Waals surface area contributed by atoms with Crippen molar-refractivity contribution in [3.05, 3.63) is 88.0 Å². The van der Waals surface area contributed by atoms with Gasteiger partial charge >= 0.3 is 5.97 Å². The number of pyridine rings is 1. The van der Waals surface area contributed by atoms with Gasteiger partial charge in [0.2, 0.25) is 5.78 Å². The minimum absolute atomic E-state index is 0.175. The van der Waals surface area contributed by atoms with Crippen LogP contribution in [0.4, 0.5) is 0 Å². The second-order valence-corrected chi connectivity index (χ2v) is 6.58. The minimum atomic E-state index is -0.617. The molecule has 0 atom stereocenters. The first kappa shape index (κ1) is 18.9. The molecule has 3 aromatic rings. The average molecular weight is 383 g/mol. The fraction of sp³-hybridized carbons (Fsp3) is 0.190. The standard InChI is InChI=1S/C21H19ClN2O3/c1-14-11-17(15(2)24(14)12-16-7-3-4-8-18(16)22)20(25)13-27-21(26)19-9-5-6-10-23-19/h3-11H,12-13H2,1-2H3. The first-order valence-electron chi connectivity index (χ1n) is 8.49. The van der Waals surface area contributed by atoms with Gasteiger partial charge in [0.15, 0.2) is 6.61 Å². The van der Waals surface area contributed by atoms with Crippen LogP contribution in [-0.2, 0) is 11.3 Å². The monoisotopic (exact) mass is 382 g/mol. The van der Waals surface area contributed by atoms with E-state index in [1.807, 2.05) is 48.7 Å². The first-order chi connectivity index (χ1) is 13.0. The number of esters is 1. The van der Waals surface area contributed by atoms with Gasteiger partial charge in [-0.1, -0.05) is 35.9 Å². The van der Waals surface area contributed by atoms with E-state index in [2.05, 4.69) is 4.98 Å². The van der Waals surface area contributed by atoms with Crippen LogP contribution in [0.2, 0.25) is 5.02 Å². The molecular formula is C21H19ClN2O3. The lowest BCUT2D eigenvalue weighted by Gasteiger charge is -2.11. The highest BCUT2D eigenvalue weighted by Crippen LogP contribution is 2.21. The number of rotatable bonds is 6. The maximum atomic E-state index is 12.5. The highest BCUT2D eigenvalue weighted by molar-refractivity contribution is 6.31. The number of aryl methyl sites for hydroxylation is 1. The maximum Gasteiger partial charge on any atom is 0.357 e. The van der Waals surface area contributed by atoms with Gasteiger partial charge in [0, 0.05) is 34.7 Å². The topological polar surface area (TPSA) is 61.2 Å². The quantitative estimate of drug-likeness (QED) is 0.472. The first-order valence-corrected chi connectivity index (χ1v) is 8.86. The number of halogens is 1. The van der Waals surface area contributed by atoms with Crippen LogP contribution in [0.1, 0.15) is 37.8 Å². The molecule has 1 aromatic carbocycles. The molecular weight excluding hydrogens is 364 g/mol. The third-order valence-corrected chi connectivity index (χ3v) is 4.74. The molecule has 0 radical (unpaired) electrons. The van der Waals surface area contributed by atoms with E-state index in [0.29, 0.717) is 17.1 Å². The van der Waals surface area contributed by atoms with Gasteiger partial charge in [-0.2, -0.15) is 0 Å². The summed E-state index contributed by atoms with van der Waals surface area (Å²) in [7, 11) is 0. The highest BCUT2D eigenvalue weighted by atomic mass is 35.5. The van der Waals surface area contributed by atoms with Crippen LogP contribution in [0.25, 0.3) is 0 Å². The van der Waals surface area contributed by atoms with E-state index >= 15 is 0 Å². The number of ether oxygens (including phenoxy) is 1. The zero-order chi connectivity index (χ0) is 19.4. The van der Waals surface area contributed by atoms with Gasteiger partial charge in [0.25, 0.3) is 0 Å². The molecule has 2 aromatic heterocycles. The third kappa shape index (κ3) is 4.26. The van der Waals surface area contributed by atoms with Crippen molar-refractivity contribution in [1.29, 1.82) is 0 Å². The number of carbonyl (C=O) groups excluding carboxylic acids is 2. The van der Waals surface area contributed by atoms with Gasteiger partial charge in [-0.05, 0) is 43.7 Å². The summed E-state index contributed by atoms with van der Waals surface area (Å²) in [6.07, 6.45) is 1.50. The van der Waals surface area contributed by atoms with Crippen molar-refractivity contribution in [2.24, 2.45) is 0 Å². The lowest BCUT2D eigenvalue weighted by atomic mass is 10.1. The van der Waals surface area contributed by atoms with Crippen LogP contribution in [0.15, 0.2) is 54.7 Å². The highest BCUT2D eigenvalue weighted by Gasteiger charge is 2.18. The Hall–Kier alpha value is -2.92. The molecule has 0 N–H and O–H groups in total. The Bertz CT molecular complexity index is 980. The van der Waals surface area contributed by atoms with Crippen molar-refractivity contribution in [2.75, 3.05) is 6.61 Å². The van der Waals surface area contributed by atoms with Gasteiger partial charge in [0.05, 0.1) is 0 Å². The minimum Gasteiger partial charge on any atom is -0.453 e. The van der Waals surface area contributed by atoms with E-state index in [0.717, 1.165) is 17.0 Å². The van der Waals surface area contributed by atoms with E-state index < -0.39 is 5.97 Å². The van der Waals surface area contributed by atoms with Crippen molar-refractivity contribution >= 4 is 23.4 Å². The predicted molar refractivity (Wildman–Crippen MR) is 103 cm³/mol. The molecule has 0 spiro atoms. The number of aromatic nitrogens is 2. The summed E-state index contributed by atoms with van der Waals surface area (Å²) in [5, 5.41) is 0.683. The zero-order valence-electron chi connectivity index (χ0n) is 15.1. The Kier molecular flexibility index (Phi) is 5.72. The Balaban J connectivity index is 1.73. The number of carbonyl (C=O) groups is 2. The summed E-state index contributed by atoms with van der Waals surface area (Å²) in [4.78, 5) is 28.4. The van der Waals surface area contributed by atoms with Crippen molar-refractivity contribution in [3.63, 3.8) is 0 Å². The molecule has 5 nitrogen and oxygen atoms in total. The van der Waals surface area contributed by atoms with Gasteiger partial charge in [-0.3, -0.25) is 4.79 Å². The van der Waals surface area contributed by atoms with Crippen LogP contribution in [-0.4, -0.2) is 27.9 Å². The molecule has 0 amide bonds. The number of hydrogen-bond donors (Lipinski definition) is 0. The number of hydrogen-bond acceptors (Lipinski definition) is 4. The molecule has 0 aliphatic carbocycles. The SMILES string of the molecule is Cc1cc(C(=O)COC(=O)c2ccccn2)c(C)n1Cc1ccccc1Cl. The molecule has 0 aliphatic heterocycles. The number of benzene rings is 1.